The van der Waals surface area contributed by atoms with Gasteiger partial charge in [0, 0.05) is 26.2 Å². The van der Waals surface area contributed by atoms with Gasteiger partial charge in [-0.05, 0) is 19.1 Å². The minimum atomic E-state index is -0.114. The fourth-order valence-electron chi connectivity index (χ4n) is 1.56. The molecular formula is C13H16N6OS. The van der Waals surface area contributed by atoms with E-state index in [1.54, 1.807) is 4.90 Å². The first kappa shape index (κ1) is 15.3. The summed E-state index contributed by atoms with van der Waals surface area (Å²) in [5.41, 5.74) is 0.106. The van der Waals surface area contributed by atoms with E-state index < -0.39 is 0 Å². The Bertz CT molecular complexity index is 618. The van der Waals surface area contributed by atoms with Crippen molar-refractivity contribution in [1.82, 2.24) is 15.0 Å². The molecule has 0 saturated heterocycles. The van der Waals surface area contributed by atoms with Gasteiger partial charge in [-0.25, -0.2) is 0 Å². The molecule has 1 aliphatic carbocycles. The van der Waals surface area contributed by atoms with Crippen molar-refractivity contribution in [3.05, 3.63) is 11.8 Å². The third-order valence-electron chi connectivity index (χ3n) is 2.87. The van der Waals surface area contributed by atoms with E-state index in [-0.39, 0.29) is 17.3 Å². The van der Waals surface area contributed by atoms with Gasteiger partial charge in [0.2, 0.25) is 11.9 Å². The molecule has 1 aromatic rings. The second kappa shape index (κ2) is 6.54. The maximum Gasteiger partial charge on any atom is 0.232 e. The molecule has 0 unspecified atom stereocenters. The second-order valence-corrected chi connectivity index (χ2v) is 5.57. The number of allylic oxidation sites excluding steroid dienone is 1. The van der Waals surface area contributed by atoms with E-state index in [9.17, 15) is 4.79 Å². The lowest BCUT2D eigenvalue weighted by Gasteiger charge is -2.11. The Hall–Kier alpha value is -2.14. The topological polar surface area (TPSA) is 94.8 Å². The molecule has 1 saturated carbocycles. The van der Waals surface area contributed by atoms with E-state index in [1.807, 2.05) is 26.4 Å². The zero-order valence-electron chi connectivity index (χ0n) is 12.1. The molecule has 21 heavy (non-hydrogen) atoms. The maximum absolute atomic E-state index is 11.9. The molecule has 1 fully saturated rings. The zero-order valence-corrected chi connectivity index (χ0v) is 12.9. The Labute approximate surface area is 127 Å². The van der Waals surface area contributed by atoms with E-state index >= 15 is 0 Å². The molecule has 110 valence electrons. The number of rotatable bonds is 6. The van der Waals surface area contributed by atoms with E-state index in [4.69, 9.17) is 5.26 Å². The van der Waals surface area contributed by atoms with Crippen LogP contribution in [0.15, 0.2) is 16.9 Å². The molecule has 0 amide bonds. The van der Waals surface area contributed by atoms with Gasteiger partial charge in [0.05, 0.1) is 0 Å². The quantitative estimate of drug-likeness (QED) is 0.479. The average molecular weight is 304 g/mol. The van der Waals surface area contributed by atoms with Gasteiger partial charge in [-0.2, -0.15) is 20.2 Å². The first-order chi connectivity index (χ1) is 10.0. The Morgan fingerprint density at radius 3 is 2.67 bits per heavy atom. The molecule has 1 heterocycles. The molecule has 7 nitrogen and oxygen atoms in total. The number of hydrogen-bond acceptors (Lipinski definition) is 8. The first-order valence-corrected chi connectivity index (χ1v) is 7.66. The van der Waals surface area contributed by atoms with Crippen molar-refractivity contribution in [2.24, 2.45) is 5.92 Å². The molecule has 2 rings (SSSR count). The van der Waals surface area contributed by atoms with Crippen LogP contribution in [0.1, 0.15) is 12.8 Å². The molecule has 0 aromatic carbocycles. The smallest absolute Gasteiger partial charge is 0.232 e. The van der Waals surface area contributed by atoms with Gasteiger partial charge in [-0.15, -0.1) is 0 Å². The highest BCUT2D eigenvalue weighted by molar-refractivity contribution is 7.98. The molecule has 8 heteroatoms. The largest absolute Gasteiger partial charge is 0.347 e. The van der Waals surface area contributed by atoms with E-state index in [0.717, 1.165) is 12.8 Å². The number of Topliss-reactive ketones (excluding diaryl/α,β-unsaturated/α-hetero) is 1. The predicted octanol–water partition coefficient (Wildman–Crippen LogP) is 1.46. The monoisotopic (exact) mass is 304 g/mol. The Balaban J connectivity index is 2.20. The van der Waals surface area contributed by atoms with Crippen LogP contribution >= 0.6 is 11.8 Å². The van der Waals surface area contributed by atoms with Gasteiger partial charge >= 0.3 is 0 Å². The summed E-state index contributed by atoms with van der Waals surface area (Å²) in [5, 5.41) is 12.4. The van der Waals surface area contributed by atoms with Crippen LogP contribution in [0, 0.1) is 17.2 Å². The number of nitrogens with zero attached hydrogens (tertiary/aromatic N) is 5. The van der Waals surface area contributed by atoms with Crippen LogP contribution in [-0.4, -0.2) is 41.1 Å². The fraction of sp³-hybridized carbons (Fsp3) is 0.462. The summed E-state index contributed by atoms with van der Waals surface area (Å²) in [6.07, 6.45) is 4.97. The second-order valence-electron chi connectivity index (χ2n) is 4.79. The highest BCUT2D eigenvalue weighted by atomic mass is 32.2. The summed E-state index contributed by atoms with van der Waals surface area (Å²) in [5.74, 6) is 0.721. The summed E-state index contributed by atoms with van der Waals surface area (Å²) < 4.78 is 0. The Morgan fingerprint density at radius 2 is 2.14 bits per heavy atom. The first-order valence-electron chi connectivity index (χ1n) is 6.43. The van der Waals surface area contributed by atoms with Crippen LogP contribution in [0.2, 0.25) is 0 Å². The number of nitrogens with one attached hydrogen (secondary N) is 1. The standard InChI is InChI=1S/C13H16N6OS/c1-19(2)12-16-11(17-13(18-12)21-3)15-7-9(6-14)10(20)8-4-5-8/h7-8H,4-5H2,1-3H3,(H,15,16,17,18)/b9-7+. The van der Waals surface area contributed by atoms with Crippen molar-refractivity contribution in [3.8, 4) is 6.07 Å². The molecule has 0 aliphatic heterocycles. The van der Waals surface area contributed by atoms with Crippen molar-refractivity contribution in [2.75, 3.05) is 30.6 Å². The van der Waals surface area contributed by atoms with Crippen LogP contribution in [0.25, 0.3) is 0 Å². The summed E-state index contributed by atoms with van der Waals surface area (Å²) in [6.45, 7) is 0. The summed E-state index contributed by atoms with van der Waals surface area (Å²) in [6, 6.07) is 1.92. The van der Waals surface area contributed by atoms with Gasteiger partial charge in [-0.3, -0.25) is 4.79 Å². The number of thioether (sulfide) groups is 1. The number of aromatic nitrogens is 3. The van der Waals surface area contributed by atoms with Gasteiger partial charge in [0.1, 0.15) is 11.6 Å². The zero-order chi connectivity index (χ0) is 15.4. The number of anilines is 2. The fourth-order valence-corrected chi connectivity index (χ4v) is 1.91. The average Bonchev–Trinajstić information content (AvgIpc) is 3.31. The van der Waals surface area contributed by atoms with Crippen molar-refractivity contribution >= 4 is 29.4 Å². The van der Waals surface area contributed by atoms with Crippen molar-refractivity contribution in [1.29, 1.82) is 5.26 Å². The lowest BCUT2D eigenvalue weighted by Crippen LogP contribution is -2.15. The lowest BCUT2D eigenvalue weighted by atomic mass is 10.1. The van der Waals surface area contributed by atoms with Gasteiger partial charge < -0.3 is 10.2 Å². The van der Waals surface area contributed by atoms with Crippen LogP contribution in [0.4, 0.5) is 11.9 Å². The predicted molar refractivity (Wildman–Crippen MR) is 81.0 cm³/mol. The summed E-state index contributed by atoms with van der Waals surface area (Å²) in [4.78, 5) is 26.3. The number of ketones is 1. The maximum atomic E-state index is 11.9. The highest BCUT2D eigenvalue weighted by Crippen LogP contribution is 2.32. The van der Waals surface area contributed by atoms with E-state index in [1.165, 1.54) is 18.0 Å². The molecule has 1 aliphatic rings. The molecular weight excluding hydrogens is 288 g/mol. The van der Waals surface area contributed by atoms with Crippen molar-refractivity contribution in [3.63, 3.8) is 0 Å². The van der Waals surface area contributed by atoms with Crippen LogP contribution in [0.5, 0.6) is 0 Å². The summed E-state index contributed by atoms with van der Waals surface area (Å²) >= 11 is 1.39. The van der Waals surface area contributed by atoms with E-state index in [2.05, 4.69) is 20.3 Å². The minimum absolute atomic E-state index is 0.00940. The van der Waals surface area contributed by atoms with Crippen LogP contribution in [-0.2, 0) is 4.79 Å². The van der Waals surface area contributed by atoms with Gasteiger partial charge in [0.15, 0.2) is 10.9 Å². The Morgan fingerprint density at radius 1 is 1.43 bits per heavy atom. The number of nitriles is 1. The van der Waals surface area contributed by atoms with Gasteiger partial charge in [0.25, 0.3) is 0 Å². The SMILES string of the molecule is CSc1nc(N/C=C(\C#N)C(=O)C2CC2)nc(N(C)C)n1. The third kappa shape index (κ3) is 3.92. The molecule has 0 bridgehead atoms. The van der Waals surface area contributed by atoms with Gasteiger partial charge in [-0.1, -0.05) is 11.8 Å². The van der Waals surface area contributed by atoms with Crippen LogP contribution < -0.4 is 10.2 Å². The molecule has 0 atom stereocenters. The normalized spacial score (nSPS) is 14.5. The summed E-state index contributed by atoms with van der Waals surface area (Å²) in [7, 11) is 3.66. The molecule has 1 aromatic heterocycles. The minimum Gasteiger partial charge on any atom is -0.347 e. The lowest BCUT2D eigenvalue weighted by molar-refractivity contribution is -0.116. The number of carbonyl (C=O) groups excluding carboxylic acids is 1. The van der Waals surface area contributed by atoms with Crippen molar-refractivity contribution in [2.45, 2.75) is 18.0 Å². The highest BCUT2D eigenvalue weighted by Gasteiger charge is 2.31. The van der Waals surface area contributed by atoms with E-state index in [0.29, 0.717) is 17.1 Å². The van der Waals surface area contributed by atoms with Crippen LogP contribution in [0.3, 0.4) is 0 Å². The molecule has 0 radical (unpaired) electrons. The molecule has 0 spiro atoms. The number of hydrogen-bond donors (Lipinski definition) is 1. The Kier molecular flexibility index (Phi) is 4.75. The third-order valence-corrected chi connectivity index (χ3v) is 3.41. The number of carbonyl (C=O) groups is 1. The molecule has 1 N–H and O–H groups in total. The van der Waals surface area contributed by atoms with Crippen molar-refractivity contribution < 1.29 is 4.79 Å².